The van der Waals surface area contributed by atoms with Crippen molar-refractivity contribution in [3.63, 3.8) is 0 Å². The molecule has 2 aromatic carbocycles. The van der Waals surface area contributed by atoms with E-state index in [0.29, 0.717) is 5.39 Å². The van der Waals surface area contributed by atoms with Gasteiger partial charge < -0.3 is 10.1 Å². The molecule has 0 saturated carbocycles. The lowest BCUT2D eigenvalue weighted by Gasteiger charge is -2.05. The molecule has 1 heterocycles. The van der Waals surface area contributed by atoms with E-state index in [1.54, 1.807) is 6.07 Å². The van der Waals surface area contributed by atoms with Crippen molar-refractivity contribution in [2.75, 3.05) is 0 Å². The molecular weight excluding hydrogens is 226 g/mol. The SMILES string of the molecule is C=C(O)c1c[nH]c2c(ccc3ccccc32)c1=O. The number of aromatic amines is 1. The Morgan fingerprint density at radius 3 is 2.67 bits per heavy atom. The summed E-state index contributed by atoms with van der Waals surface area (Å²) in [5, 5.41) is 12.0. The van der Waals surface area contributed by atoms with Gasteiger partial charge in [-0.25, -0.2) is 0 Å². The Bertz CT molecular complexity index is 831. The van der Waals surface area contributed by atoms with Gasteiger partial charge in [-0.1, -0.05) is 36.9 Å². The fraction of sp³-hybridized carbons (Fsp3) is 0. The average Bonchev–Trinajstić information content (AvgIpc) is 2.38. The number of pyridine rings is 1. The quantitative estimate of drug-likeness (QED) is 0.504. The van der Waals surface area contributed by atoms with Crippen molar-refractivity contribution in [2.45, 2.75) is 0 Å². The van der Waals surface area contributed by atoms with Crippen molar-refractivity contribution in [1.82, 2.24) is 4.98 Å². The lowest BCUT2D eigenvalue weighted by molar-refractivity contribution is 0.513. The first-order chi connectivity index (χ1) is 8.68. The van der Waals surface area contributed by atoms with Gasteiger partial charge in [-0.05, 0) is 11.5 Å². The molecule has 18 heavy (non-hydrogen) atoms. The number of aliphatic hydroxyl groups is 1. The topological polar surface area (TPSA) is 53.1 Å². The fourth-order valence-corrected chi connectivity index (χ4v) is 2.19. The van der Waals surface area contributed by atoms with Crippen LogP contribution >= 0.6 is 0 Å². The van der Waals surface area contributed by atoms with Gasteiger partial charge in [0.05, 0.1) is 11.1 Å². The van der Waals surface area contributed by atoms with Crippen LogP contribution < -0.4 is 5.43 Å². The molecule has 3 rings (SSSR count). The molecule has 0 bridgehead atoms. The molecule has 0 radical (unpaired) electrons. The van der Waals surface area contributed by atoms with Crippen LogP contribution in [0.5, 0.6) is 0 Å². The second-order valence-electron chi connectivity index (χ2n) is 4.19. The lowest BCUT2D eigenvalue weighted by Crippen LogP contribution is -2.09. The zero-order valence-electron chi connectivity index (χ0n) is 9.60. The molecule has 0 fully saturated rings. The summed E-state index contributed by atoms with van der Waals surface area (Å²) in [6.45, 7) is 3.39. The van der Waals surface area contributed by atoms with Crippen molar-refractivity contribution >= 4 is 27.4 Å². The van der Waals surface area contributed by atoms with Crippen molar-refractivity contribution in [2.24, 2.45) is 0 Å². The predicted octanol–water partition coefficient (Wildman–Crippen LogP) is 3.21. The first kappa shape index (κ1) is 10.6. The average molecular weight is 237 g/mol. The van der Waals surface area contributed by atoms with E-state index in [2.05, 4.69) is 11.6 Å². The lowest BCUT2D eigenvalue weighted by atomic mass is 10.0. The highest BCUT2D eigenvalue weighted by molar-refractivity contribution is 6.05. The standard InChI is InChI=1S/C15H11NO2/c1-9(17)13-8-16-14-11-5-3-2-4-10(11)6-7-12(14)15(13)18/h2-8,17H,1H2,(H,16,18). The Balaban J connectivity index is 2.52. The minimum absolute atomic E-state index is 0.206. The van der Waals surface area contributed by atoms with Gasteiger partial charge in [0.15, 0.2) is 5.43 Å². The summed E-state index contributed by atoms with van der Waals surface area (Å²) in [5.74, 6) is -0.216. The molecule has 3 nitrogen and oxygen atoms in total. The molecule has 0 amide bonds. The van der Waals surface area contributed by atoms with Gasteiger partial charge in [0.1, 0.15) is 5.76 Å². The molecule has 1 aromatic heterocycles. The van der Waals surface area contributed by atoms with Crippen LogP contribution in [0.4, 0.5) is 0 Å². The number of benzene rings is 2. The normalized spacial score (nSPS) is 10.9. The molecule has 2 N–H and O–H groups in total. The number of fused-ring (bicyclic) bond motifs is 3. The Morgan fingerprint density at radius 2 is 1.89 bits per heavy atom. The van der Waals surface area contributed by atoms with Gasteiger partial charge in [-0.3, -0.25) is 4.79 Å². The van der Waals surface area contributed by atoms with Crippen LogP contribution in [0.15, 0.2) is 54.0 Å². The maximum atomic E-state index is 12.2. The van der Waals surface area contributed by atoms with Crippen molar-refractivity contribution < 1.29 is 5.11 Å². The molecule has 0 aliphatic carbocycles. The predicted molar refractivity (Wildman–Crippen MR) is 73.7 cm³/mol. The molecule has 0 aliphatic rings. The summed E-state index contributed by atoms with van der Waals surface area (Å²) in [6, 6.07) is 11.5. The largest absolute Gasteiger partial charge is 0.508 e. The third-order valence-corrected chi connectivity index (χ3v) is 3.09. The number of aromatic nitrogens is 1. The van der Waals surface area contributed by atoms with E-state index in [1.807, 2.05) is 30.3 Å². The molecule has 0 aliphatic heterocycles. The van der Waals surface area contributed by atoms with Crippen molar-refractivity contribution in [3.8, 4) is 0 Å². The number of H-pyrrole nitrogens is 1. The molecule has 0 saturated heterocycles. The van der Waals surface area contributed by atoms with Crippen LogP contribution in [-0.4, -0.2) is 10.1 Å². The number of hydrogen-bond acceptors (Lipinski definition) is 2. The maximum absolute atomic E-state index is 12.2. The minimum atomic E-state index is -0.216. The van der Waals surface area contributed by atoms with E-state index in [1.165, 1.54) is 6.20 Å². The summed E-state index contributed by atoms with van der Waals surface area (Å²) in [7, 11) is 0. The highest BCUT2D eigenvalue weighted by Crippen LogP contribution is 2.22. The third-order valence-electron chi connectivity index (χ3n) is 3.09. The summed E-state index contributed by atoms with van der Waals surface area (Å²) < 4.78 is 0. The zero-order chi connectivity index (χ0) is 12.7. The van der Waals surface area contributed by atoms with Crippen LogP contribution in [0.25, 0.3) is 27.4 Å². The summed E-state index contributed by atoms with van der Waals surface area (Å²) >= 11 is 0. The second-order valence-corrected chi connectivity index (χ2v) is 4.19. The smallest absolute Gasteiger partial charge is 0.200 e. The second kappa shape index (κ2) is 3.74. The summed E-state index contributed by atoms with van der Waals surface area (Å²) in [6.07, 6.45) is 1.50. The minimum Gasteiger partial charge on any atom is -0.508 e. The highest BCUT2D eigenvalue weighted by Gasteiger charge is 2.09. The van der Waals surface area contributed by atoms with Crippen molar-refractivity contribution in [3.05, 3.63) is 65.0 Å². The number of rotatable bonds is 1. The summed E-state index contributed by atoms with van der Waals surface area (Å²) in [4.78, 5) is 15.2. The van der Waals surface area contributed by atoms with E-state index in [0.717, 1.165) is 16.3 Å². The first-order valence-electron chi connectivity index (χ1n) is 5.60. The molecule has 3 heteroatoms. The van der Waals surface area contributed by atoms with Crippen LogP contribution in [0.2, 0.25) is 0 Å². The van der Waals surface area contributed by atoms with Crippen molar-refractivity contribution in [1.29, 1.82) is 0 Å². The Kier molecular flexibility index (Phi) is 2.20. The Labute approximate surface area is 103 Å². The zero-order valence-corrected chi connectivity index (χ0v) is 9.60. The fourth-order valence-electron chi connectivity index (χ4n) is 2.19. The van der Waals surface area contributed by atoms with Gasteiger partial charge in [0.25, 0.3) is 0 Å². The molecule has 0 unspecified atom stereocenters. The van der Waals surface area contributed by atoms with E-state index in [4.69, 9.17) is 0 Å². The maximum Gasteiger partial charge on any atom is 0.200 e. The van der Waals surface area contributed by atoms with Crippen LogP contribution in [0.3, 0.4) is 0 Å². The molecular formula is C15H11NO2. The van der Waals surface area contributed by atoms with Crippen LogP contribution in [0.1, 0.15) is 5.56 Å². The van der Waals surface area contributed by atoms with Crippen LogP contribution in [-0.2, 0) is 0 Å². The van der Waals surface area contributed by atoms with Gasteiger partial charge in [-0.2, -0.15) is 0 Å². The number of hydrogen-bond donors (Lipinski definition) is 2. The van der Waals surface area contributed by atoms with Gasteiger partial charge >= 0.3 is 0 Å². The summed E-state index contributed by atoms with van der Waals surface area (Å²) in [5.41, 5.74) is 0.780. The highest BCUT2D eigenvalue weighted by atomic mass is 16.3. The van der Waals surface area contributed by atoms with Crippen LogP contribution in [0, 0.1) is 0 Å². The molecule has 88 valence electrons. The first-order valence-corrected chi connectivity index (χ1v) is 5.60. The Morgan fingerprint density at radius 1 is 1.11 bits per heavy atom. The molecule has 3 aromatic rings. The molecule has 0 atom stereocenters. The van der Waals surface area contributed by atoms with E-state index < -0.39 is 0 Å². The third kappa shape index (κ3) is 1.41. The van der Waals surface area contributed by atoms with Gasteiger partial charge in [0, 0.05) is 17.0 Å². The number of nitrogens with one attached hydrogen (secondary N) is 1. The number of aliphatic hydroxyl groups excluding tert-OH is 1. The van der Waals surface area contributed by atoms with E-state index in [-0.39, 0.29) is 16.8 Å². The monoisotopic (exact) mass is 237 g/mol. The van der Waals surface area contributed by atoms with E-state index in [9.17, 15) is 9.90 Å². The Hall–Kier alpha value is -2.55. The molecule has 0 spiro atoms. The van der Waals surface area contributed by atoms with Gasteiger partial charge in [-0.15, -0.1) is 0 Å². The van der Waals surface area contributed by atoms with E-state index >= 15 is 0 Å². The van der Waals surface area contributed by atoms with Gasteiger partial charge in [0.2, 0.25) is 0 Å².